The van der Waals surface area contributed by atoms with Gasteiger partial charge in [-0.15, -0.1) is 0 Å². The first-order valence-electron chi connectivity index (χ1n) is 9.88. The molecule has 0 aromatic carbocycles. The van der Waals surface area contributed by atoms with E-state index in [1.165, 1.54) is 0 Å². The van der Waals surface area contributed by atoms with Crippen molar-refractivity contribution < 1.29 is 29.7 Å². The number of nitrogens with one attached hydrogen (secondary N) is 1. The van der Waals surface area contributed by atoms with Crippen LogP contribution in [-0.2, 0) is 19.1 Å². The number of aliphatic carboxylic acids is 1. The van der Waals surface area contributed by atoms with Gasteiger partial charge in [-0.25, -0.2) is 4.79 Å². The number of carbonyl (C=O) groups is 3. The van der Waals surface area contributed by atoms with E-state index < -0.39 is 24.1 Å². The van der Waals surface area contributed by atoms with E-state index in [0.717, 1.165) is 32.1 Å². The Morgan fingerprint density at radius 1 is 1.22 bits per heavy atom. The average molecular weight is 386 g/mol. The molecule has 1 aliphatic heterocycles. The molecule has 156 valence electrons. The maximum Gasteiger partial charge on any atom is 0.326 e. The minimum Gasteiger partial charge on any atom is -0.480 e. The van der Waals surface area contributed by atoms with Crippen molar-refractivity contribution in [3.05, 3.63) is 0 Å². The third kappa shape index (κ3) is 5.42. The zero-order valence-electron chi connectivity index (χ0n) is 16.6. The molecule has 8 nitrogen and oxygen atoms in total. The van der Waals surface area contributed by atoms with Crippen LogP contribution in [0.3, 0.4) is 0 Å². The van der Waals surface area contributed by atoms with E-state index in [1.807, 2.05) is 6.92 Å². The summed E-state index contributed by atoms with van der Waals surface area (Å²) in [5.41, 5.74) is 0. The molecule has 4 N–H and O–H groups in total. The molecule has 2 fully saturated rings. The lowest BCUT2D eigenvalue weighted by Gasteiger charge is -2.35. The lowest BCUT2D eigenvalue weighted by molar-refractivity contribution is -0.152. The number of carboxylic acid groups (broad SMARTS) is 1. The summed E-state index contributed by atoms with van der Waals surface area (Å²) in [5, 5.41) is 12.7. The standard InChI is InChI=1S/C19H32N2O5.H2O/c1-4-8-14(19(25)26-5-2)20-12(3)17(22)21-15-10-7-6-9-13(15)11-16(21)18(23)24;/h12-16,20H,4-11H2,1-3H3,(H,23,24);1H2/t12?,13-,14?,15-,16-;/m0./s1. The van der Waals surface area contributed by atoms with Crippen molar-refractivity contribution >= 4 is 17.8 Å². The van der Waals surface area contributed by atoms with Crippen molar-refractivity contribution in [2.24, 2.45) is 5.92 Å². The lowest BCUT2D eigenvalue weighted by Crippen LogP contribution is -2.55. The maximum absolute atomic E-state index is 13.1. The van der Waals surface area contributed by atoms with Gasteiger partial charge in [0.15, 0.2) is 0 Å². The predicted molar refractivity (Wildman–Crippen MR) is 100 cm³/mol. The van der Waals surface area contributed by atoms with E-state index in [0.29, 0.717) is 19.4 Å². The van der Waals surface area contributed by atoms with Crippen LogP contribution in [0.25, 0.3) is 0 Å². The van der Waals surface area contributed by atoms with Crippen molar-refractivity contribution in [3.8, 4) is 0 Å². The fourth-order valence-electron chi connectivity index (χ4n) is 4.39. The summed E-state index contributed by atoms with van der Waals surface area (Å²) in [6, 6.07) is -1.92. The largest absolute Gasteiger partial charge is 0.480 e. The van der Waals surface area contributed by atoms with Gasteiger partial charge in [0.05, 0.1) is 12.6 Å². The Kier molecular flexibility index (Phi) is 9.18. The highest BCUT2D eigenvalue weighted by molar-refractivity contribution is 5.88. The molecule has 2 rings (SSSR count). The number of esters is 1. The van der Waals surface area contributed by atoms with Gasteiger partial charge < -0.3 is 20.2 Å². The van der Waals surface area contributed by atoms with Crippen molar-refractivity contribution in [1.29, 1.82) is 0 Å². The van der Waals surface area contributed by atoms with Crippen LogP contribution in [-0.4, -0.2) is 64.1 Å². The number of nitrogens with zero attached hydrogens (tertiary/aromatic N) is 1. The van der Waals surface area contributed by atoms with Crippen LogP contribution in [0.1, 0.15) is 65.7 Å². The van der Waals surface area contributed by atoms with Crippen LogP contribution in [0.2, 0.25) is 0 Å². The molecule has 5 atom stereocenters. The molecule has 1 saturated carbocycles. The Balaban J connectivity index is 0.00000364. The van der Waals surface area contributed by atoms with Crippen LogP contribution >= 0.6 is 0 Å². The molecule has 1 heterocycles. The first-order chi connectivity index (χ1) is 12.4. The third-order valence-electron chi connectivity index (χ3n) is 5.60. The van der Waals surface area contributed by atoms with Gasteiger partial charge in [0.2, 0.25) is 5.91 Å². The van der Waals surface area contributed by atoms with Crippen LogP contribution in [0.5, 0.6) is 0 Å². The van der Waals surface area contributed by atoms with Gasteiger partial charge in [0.25, 0.3) is 0 Å². The van der Waals surface area contributed by atoms with E-state index in [9.17, 15) is 19.5 Å². The second kappa shape index (κ2) is 10.6. The summed E-state index contributed by atoms with van der Waals surface area (Å²) in [6.07, 6.45) is 5.87. The second-order valence-electron chi connectivity index (χ2n) is 7.43. The van der Waals surface area contributed by atoms with E-state index >= 15 is 0 Å². The molecule has 0 bridgehead atoms. The zero-order chi connectivity index (χ0) is 19.3. The number of hydrogen-bond acceptors (Lipinski definition) is 5. The molecule has 1 amide bonds. The van der Waals surface area contributed by atoms with Crippen molar-refractivity contribution in [2.75, 3.05) is 6.61 Å². The number of carbonyl (C=O) groups excluding carboxylic acids is 2. The smallest absolute Gasteiger partial charge is 0.326 e. The molecule has 2 aliphatic rings. The number of likely N-dealkylation sites (tertiary alicyclic amines) is 1. The average Bonchev–Trinajstić information content (AvgIpc) is 3.00. The highest BCUT2D eigenvalue weighted by atomic mass is 16.5. The highest BCUT2D eigenvalue weighted by Crippen LogP contribution is 2.40. The number of fused-ring (bicyclic) bond motifs is 1. The van der Waals surface area contributed by atoms with Gasteiger partial charge in [-0.05, 0) is 45.4 Å². The van der Waals surface area contributed by atoms with Crippen molar-refractivity contribution in [3.63, 3.8) is 0 Å². The Bertz CT molecular complexity index is 526. The Morgan fingerprint density at radius 2 is 1.89 bits per heavy atom. The SMILES string of the molecule is CCCC(NC(C)C(=O)N1[C@H](C(=O)O)C[C@@H]2CCCC[C@@H]21)C(=O)OCC.O. The maximum atomic E-state index is 13.1. The number of carboxylic acids is 1. The van der Waals surface area contributed by atoms with Crippen LogP contribution in [0, 0.1) is 5.92 Å². The molecular formula is C19H34N2O6. The Hall–Kier alpha value is -1.67. The van der Waals surface area contributed by atoms with Gasteiger partial charge >= 0.3 is 11.9 Å². The normalized spacial score (nSPS) is 26.5. The minimum atomic E-state index is -0.935. The molecule has 1 aliphatic carbocycles. The summed E-state index contributed by atoms with van der Waals surface area (Å²) < 4.78 is 5.09. The van der Waals surface area contributed by atoms with Crippen LogP contribution in [0.4, 0.5) is 0 Å². The Morgan fingerprint density at radius 3 is 2.48 bits per heavy atom. The summed E-state index contributed by atoms with van der Waals surface area (Å²) in [7, 11) is 0. The molecule has 27 heavy (non-hydrogen) atoms. The molecule has 1 saturated heterocycles. The molecule has 0 aromatic heterocycles. The van der Waals surface area contributed by atoms with Crippen LogP contribution < -0.4 is 5.32 Å². The number of ether oxygens (including phenoxy) is 1. The Labute approximate surface area is 160 Å². The lowest BCUT2D eigenvalue weighted by atomic mass is 9.84. The monoisotopic (exact) mass is 386 g/mol. The van der Waals surface area contributed by atoms with Crippen molar-refractivity contribution in [2.45, 2.75) is 89.9 Å². The first-order valence-corrected chi connectivity index (χ1v) is 9.88. The van der Waals surface area contributed by atoms with Gasteiger partial charge in [-0.2, -0.15) is 0 Å². The van der Waals surface area contributed by atoms with Crippen LogP contribution in [0.15, 0.2) is 0 Å². The van der Waals surface area contributed by atoms with E-state index in [-0.39, 0.29) is 29.3 Å². The molecule has 8 heteroatoms. The van der Waals surface area contributed by atoms with E-state index in [2.05, 4.69) is 5.32 Å². The first kappa shape index (κ1) is 23.4. The molecule has 0 spiro atoms. The van der Waals surface area contributed by atoms with Gasteiger partial charge in [0.1, 0.15) is 12.1 Å². The third-order valence-corrected chi connectivity index (χ3v) is 5.60. The summed E-state index contributed by atoms with van der Waals surface area (Å²) >= 11 is 0. The van der Waals surface area contributed by atoms with E-state index in [1.54, 1.807) is 18.7 Å². The topological polar surface area (TPSA) is 127 Å². The zero-order valence-corrected chi connectivity index (χ0v) is 16.6. The highest BCUT2D eigenvalue weighted by Gasteiger charge is 2.48. The van der Waals surface area contributed by atoms with E-state index in [4.69, 9.17) is 4.74 Å². The molecular weight excluding hydrogens is 352 g/mol. The summed E-state index contributed by atoms with van der Waals surface area (Å²) in [6.45, 7) is 5.72. The molecule has 0 aromatic rings. The van der Waals surface area contributed by atoms with Gasteiger partial charge in [-0.3, -0.25) is 14.9 Å². The quantitative estimate of drug-likeness (QED) is 0.602. The molecule has 0 radical (unpaired) electrons. The second-order valence-corrected chi connectivity index (χ2v) is 7.43. The van der Waals surface area contributed by atoms with Crippen molar-refractivity contribution in [1.82, 2.24) is 10.2 Å². The fraction of sp³-hybridized carbons (Fsp3) is 0.842. The minimum absolute atomic E-state index is 0. The van der Waals surface area contributed by atoms with Gasteiger partial charge in [0, 0.05) is 6.04 Å². The molecule has 2 unspecified atom stereocenters. The fourth-order valence-corrected chi connectivity index (χ4v) is 4.39. The summed E-state index contributed by atoms with van der Waals surface area (Å²) in [4.78, 5) is 38.5. The number of amides is 1. The van der Waals surface area contributed by atoms with Gasteiger partial charge in [-0.1, -0.05) is 26.2 Å². The number of rotatable bonds is 8. The predicted octanol–water partition coefficient (Wildman–Crippen LogP) is 1.12. The number of hydrogen-bond donors (Lipinski definition) is 2. The summed E-state index contributed by atoms with van der Waals surface area (Å²) in [5.74, 6) is -1.24.